The standard InChI is InChI=1S/C20H21FN6O2/c1-10(2)25-20(28)14-6-23-19-18(14)27-16(7-24-19)17(22)13-4-3-11(21)5-15(13)26-12-8-29-9-12/h3-7,10,12,22,26H,8-9H2,1-2H3,(H,23,24)(H,25,28). The van der Waals surface area contributed by atoms with E-state index in [0.717, 1.165) is 0 Å². The van der Waals surface area contributed by atoms with Gasteiger partial charge in [0.05, 0.1) is 36.7 Å². The second-order valence-corrected chi connectivity index (χ2v) is 7.23. The van der Waals surface area contributed by atoms with Crippen molar-refractivity contribution in [3.8, 4) is 0 Å². The number of aromatic amines is 1. The van der Waals surface area contributed by atoms with Gasteiger partial charge in [-0.2, -0.15) is 0 Å². The number of aromatic nitrogens is 3. The molecule has 0 saturated carbocycles. The Labute approximate surface area is 166 Å². The first-order valence-corrected chi connectivity index (χ1v) is 9.30. The zero-order valence-corrected chi connectivity index (χ0v) is 16.0. The molecule has 0 unspecified atom stereocenters. The van der Waals surface area contributed by atoms with Crippen LogP contribution in [-0.4, -0.2) is 51.9 Å². The molecule has 1 amide bonds. The SMILES string of the molecule is CC(C)NC(=O)c1c[nH]c2ncc(C(=N)c3ccc(F)cc3NC3COC3)nc12. The topological polar surface area (TPSA) is 116 Å². The van der Waals surface area contributed by atoms with Crippen LogP contribution in [0, 0.1) is 11.2 Å². The molecule has 1 aliphatic rings. The lowest BCUT2D eigenvalue weighted by atomic mass is 10.0. The number of halogens is 1. The van der Waals surface area contributed by atoms with E-state index < -0.39 is 5.82 Å². The van der Waals surface area contributed by atoms with Crippen LogP contribution in [0.25, 0.3) is 11.2 Å². The van der Waals surface area contributed by atoms with Crippen molar-refractivity contribution in [2.24, 2.45) is 0 Å². The van der Waals surface area contributed by atoms with Crippen LogP contribution >= 0.6 is 0 Å². The first-order valence-electron chi connectivity index (χ1n) is 9.30. The van der Waals surface area contributed by atoms with Crippen molar-refractivity contribution in [3.63, 3.8) is 0 Å². The van der Waals surface area contributed by atoms with Crippen molar-refractivity contribution >= 4 is 28.5 Å². The van der Waals surface area contributed by atoms with Gasteiger partial charge < -0.3 is 20.4 Å². The molecule has 9 heteroatoms. The molecule has 2 aromatic heterocycles. The molecule has 1 aliphatic heterocycles. The van der Waals surface area contributed by atoms with Gasteiger partial charge in [-0.1, -0.05) is 0 Å². The predicted octanol–water partition coefficient (Wildman–Crippen LogP) is 2.46. The number of ether oxygens (including phenoxy) is 1. The summed E-state index contributed by atoms with van der Waals surface area (Å²) in [4.78, 5) is 24.1. The van der Waals surface area contributed by atoms with Gasteiger partial charge >= 0.3 is 0 Å². The molecule has 0 aliphatic carbocycles. The van der Waals surface area contributed by atoms with Crippen molar-refractivity contribution in [3.05, 3.63) is 53.2 Å². The maximum absolute atomic E-state index is 13.8. The monoisotopic (exact) mass is 396 g/mol. The third-order valence-corrected chi connectivity index (χ3v) is 4.55. The average Bonchev–Trinajstić information content (AvgIpc) is 3.07. The highest BCUT2D eigenvalue weighted by atomic mass is 19.1. The van der Waals surface area contributed by atoms with Gasteiger partial charge in [-0.3, -0.25) is 10.2 Å². The summed E-state index contributed by atoms with van der Waals surface area (Å²) >= 11 is 0. The molecule has 1 aromatic carbocycles. The van der Waals surface area contributed by atoms with Gasteiger partial charge in [-0.05, 0) is 32.0 Å². The van der Waals surface area contributed by atoms with E-state index in [1.165, 1.54) is 24.4 Å². The third kappa shape index (κ3) is 3.81. The zero-order valence-electron chi connectivity index (χ0n) is 16.0. The van der Waals surface area contributed by atoms with Crippen molar-refractivity contribution in [2.75, 3.05) is 18.5 Å². The highest BCUT2D eigenvalue weighted by Gasteiger charge is 2.22. The van der Waals surface area contributed by atoms with Crippen LogP contribution < -0.4 is 10.6 Å². The number of amides is 1. The fourth-order valence-electron chi connectivity index (χ4n) is 3.06. The number of hydrogen-bond acceptors (Lipinski definition) is 6. The highest BCUT2D eigenvalue weighted by Crippen LogP contribution is 2.23. The molecule has 3 heterocycles. The molecular formula is C20H21FN6O2. The third-order valence-electron chi connectivity index (χ3n) is 4.55. The van der Waals surface area contributed by atoms with E-state index in [1.807, 2.05) is 13.8 Å². The fourth-order valence-corrected chi connectivity index (χ4v) is 3.06. The van der Waals surface area contributed by atoms with E-state index in [-0.39, 0.29) is 29.4 Å². The number of nitrogens with zero attached hydrogens (tertiary/aromatic N) is 2. The zero-order chi connectivity index (χ0) is 20.5. The van der Waals surface area contributed by atoms with Gasteiger partial charge in [0, 0.05) is 23.5 Å². The van der Waals surface area contributed by atoms with Crippen LogP contribution in [0.15, 0.2) is 30.6 Å². The van der Waals surface area contributed by atoms with Gasteiger partial charge in [0.15, 0.2) is 5.65 Å². The summed E-state index contributed by atoms with van der Waals surface area (Å²) in [5.41, 5.74) is 2.57. The number of carbonyl (C=O) groups is 1. The van der Waals surface area contributed by atoms with Crippen LogP contribution in [0.2, 0.25) is 0 Å². The molecule has 0 radical (unpaired) electrons. The second kappa shape index (κ2) is 7.59. The van der Waals surface area contributed by atoms with Gasteiger partial charge in [0.1, 0.15) is 17.0 Å². The summed E-state index contributed by atoms with van der Waals surface area (Å²) in [6.45, 7) is 4.81. The van der Waals surface area contributed by atoms with Gasteiger partial charge in [-0.15, -0.1) is 0 Å². The summed E-state index contributed by atoms with van der Waals surface area (Å²) in [5, 5.41) is 14.6. The summed E-state index contributed by atoms with van der Waals surface area (Å²) in [6, 6.07) is 4.25. The Kier molecular flexibility index (Phi) is 4.98. The number of anilines is 1. The van der Waals surface area contributed by atoms with E-state index >= 15 is 0 Å². The van der Waals surface area contributed by atoms with Crippen LogP contribution in [0.4, 0.5) is 10.1 Å². The fraction of sp³-hybridized carbons (Fsp3) is 0.300. The van der Waals surface area contributed by atoms with Gasteiger partial charge in [0.25, 0.3) is 5.91 Å². The molecule has 0 spiro atoms. The predicted molar refractivity (Wildman–Crippen MR) is 107 cm³/mol. The molecule has 8 nitrogen and oxygen atoms in total. The van der Waals surface area contributed by atoms with E-state index in [4.69, 9.17) is 10.1 Å². The lowest BCUT2D eigenvalue weighted by Crippen LogP contribution is -2.40. The molecule has 0 bridgehead atoms. The Hall–Kier alpha value is -3.33. The van der Waals surface area contributed by atoms with Gasteiger partial charge in [0.2, 0.25) is 0 Å². The van der Waals surface area contributed by atoms with Crippen molar-refractivity contribution in [2.45, 2.75) is 25.9 Å². The lowest BCUT2D eigenvalue weighted by molar-refractivity contribution is 0.0211. The average molecular weight is 396 g/mol. The molecule has 150 valence electrons. The molecule has 1 saturated heterocycles. The first kappa shape index (κ1) is 19.0. The van der Waals surface area contributed by atoms with Crippen molar-refractivity contribution in [1.82, 2.24) is 20.3 Å². The van der Waals surface area contributed by atoms with Crippen molar-refractivity contribution in [1.29, 1.82) is 5.41 Å². The first-order chi connectivity index (χ1) is 13.9. The Morgan fingerprint density at radius 2 is 2.14 bits per heavy atom. The minimum atomic E-state index is -0.399. The van der Waals surface area contributed by atoms with Gasteiger partial charge in [-0.25, -0.2) is 14.4 Å². The molecular weight excluding hydrogens is 375 g/mol. The summed E-state index contributed by atoms with van der Waals surface area (Å²) in [5.74, 6) is -0.664. The smallest absolute Gasteiger partial charge is 0.255 e. The number of benzene rings is 1. The molecule has 3 aromatic rings. The quantitative estimate of drug-likeness (QED) is 0.478. The highest BCUT2D eigenvalue weighted by molar-refractivity contribution is 6.14. The number of carbonyl (C=O) groups excluding carboxylic acids is 1. The Morgan fingerprint density at radius 1 is 1.34 bits per heavy atom. The Morgan fingerprint density at radius 3 is 2.83 bits per heavy atom. The molecule has 4 rings (SSSR count). The van der Waals surface area contributed by atoms with Crippen LogP contribution in [0.5, 0.6) is 0 Å². The van der Waals surface area contributed by atoms with E-state index in [0.29, 0.717) is 41.2 Å². The number of H-pyrrole nitrogens is 1. The Balaban J connectivity index is 1.69. The van der Waals surface area contributed by atoms with Crippen LogP contribution in [0.1, 0.15) is 35.5 Å². The largest absolute Gasteiger partial charge is 0.377 e. The van der Waals surface area contributed by atoms with Crippen molar-refractivity contribution < 1.29 is 13.9 Å². The molecule has 4 N–H and O–H groups in total. The minimum Gasteiger partial charge on any atom is -0.377 e. The summed E-state index contributed by atoms with van der Waals surface area (Å²) in [6.07, 6.45) is 3.02. The number of nitrogens with one attached hydrogen (secondary N) is 4. The van der Waals surface area contributed by atoms with E-state index in [1.54, 1.807) is 6.20 Å². The maximum atomic E-state index is 13.8. The van der Waals surface area contributed by atoms with Crippen LogP contribution in [-0.2, 0) is 4.74 Å². The Bertz CT molecular complexity index is 1090. The summed E-state index contributed by atoms with van der Waals surface area (Å²) < 4.78 is 18.9. The number of hydrogen-bond donors (Lipinski definition) is 4. The van der Waals surface area contributed by atoms with E-state index in [9.17, 15) is 9.18 Å². The summed E-state index contributed by atoms with van der Waals surface area (Å²) in [7, 11) is 0. The number of fused-ring (bicyclic) bond motifs is 1. The van der Waals surface area contributed by atoms with Crippen LogP contribution in [0.3, 0.4) is 0 Å². The normalized spacial score (nSPS) is 14.1. The maximum Gasteiger partial charge on any atom is 0.255 e. The second-order valence-electron chi connectivity index (χ2n) is 7.23. The number of rotatable bonds is 6. The molecule has 1 fully saturated rings. The molecule has 0 atom stereocenters. The minimum absolute atomic E-state index is 0.0229. The van der Waals surface area contributed by atoms with E-state index in [2.05, 4.69) is 25.6 Å². The molecule has 29 heavy (non-hydrogen) atoms. The lowest BCUT2D eigenvalue weighted by Gasteiger charge is -2.28.